The summed E-state index contributed by atoms with van der Waals surface area (Å²) in [6.45, 7) is 1.99. The van der Waals surface area contributed by atoms with Gasteiger partial charge in [-0.25, -0.2) is 0 Å². The Hall–Kier alpha value is -2.63. The molecule has 0 aliphatic heterocycles. The van der Waals surface area contributed by atoms with E-state index in [0.29, 0.717) is 23.7 Å². The van der Waals surface area contributed by atoms with Crippen molar-refractivity contribution in [3.63, 3.8) is 0 Å². The number of halogens is 1. The normalized spacial score (nSPS) is 13.1. The fourth-order valence-electron chi connectivity index (χ4n) is 3.01. The van der Waals surface area contributed by atoms with Gasteiger partial charge in [0.15, 0.2) is 6.10 Å². The Bertz CT molecular complexity index is 942. The summed E-state index contributed by atoms with van der Waals surface area (Å²) >= 11 is 6.12. The molecule has 146 valence electrons. The Balaban J connectivity index is 1.58. The molecule has 0 spiro atoms. The predicted octanol–water partition coefficient (Wildman–Crippen LogP) is 3.62. The van der Waals surface area contributed by atoms with Crippen molar-refractivity contribution in [3.05, 3.63) is 71.5 Å². The number of benzene rings is 2. The minimum atomic E-state index is -0.658. The fraction of sp³-hybridized carbons (Fsp3) is 0.273. The zero-order chi connectivity index (χ0) is 19.9. The van der Waals surface area contributed by atoms with Gasteiger partial charge in [-0.05, 0) is 36.4 Å². The molecule has 1 aromatic heterocycles. The van der Waals surface area contributed by atoms with Gasteiger partial charge in [-0.15, -0.1) is 0 Å². The number of aromatic nitrogens is 1. The lowest BCUT2D eigenvalue weighted by Gasteiger charge is -2.19. The van der Waals surface area contributed by atoms with Gasteiger partial charge in [0.05, 0.1) is 5.02 Å². The number of carbonyl (C=O) groups excluding carboxylic acids is 1. The van der Waals surface area contributed by atoms with Crippen LogP contribution in [0.2, 0.25) is 5.02 Å². The van der Waals surface area contributed by atoms with Crippen LogP contribution in [0.3, 0.4) is 0 Å². The molecule has 0 aliphatic carbocycles. The first-order valence-corrected chi connectivity index (χ1v) is 9.57. The number of hydrogen-bond acceptors (Lipinski definition) is 4. The molecule has 0 saturated heterocycles. The highest BCUT2D eigenvalue weighted by Crippen LogP contribution is 2.26. The van der Waals surface area contributed by atoms with Crippen LogP contribution in [0.4, 0.5) is 0 Å². The Morgan fingerprint density at radius 2 is 2.00 bits per heavy atom. The van der Waals surface area contributed by atoms with Gasteiger partial charge in [-0.1, -0.05) is 48.0 Å². The van der Waals surface area contributed by atoms with E-state index in [1.807, 2.05) is 48.5 Å². The molecular weight excluding hydrogens is 376 g/mol. The summed E-state index contributed by atoms with van der Waals surface area (Å²) in [5.41, 5.74) is 0.894. The molecule has 0 aliphatic rings. The molecule has 0 radical (unpaired) electrons. The quantitative estimate of drug-likeness (QED) is 0.608. The largest absolute Gasteiger partial charge is 0.480 e. The lowest BCUT2D eigenvalue weighted by molar-refractivity contribution is -0.127. The standard InChI is InChI=1S/C22H23ClN2O3/c1-15(28-21-8-4-6-17-5-2-3-7-19(17)21)22(27)25-12-16(14-26)11-18-9-10-24-13-20(18)23/h2-10,13,15-16,26H,11-12,14H2,1H3,(H,25,27). The third kappa shape index (κ3) is 5.00. The molecule has 2 N–H and O–H groups in total. The number of aliphatic hydroxyl groups excluding tert-OH is 1. The first kappa shape index (κ1) is 20.1. The van der Waals surface area contributed by atoms with E-state index in [1.165, 1.54) is 0 Å². The van der Waals surface area contributed by atoms with Gasteiger partial charge in [0.2, 0.25) is 0 Å². The number of nitrogens with zero attached hydrogens (tertiary/aromatic N) is 1. The second-order valence-electron chi connectivity index (χ2n) is 6.70. The number of hydrogen-bond donors (Lipinski definition) is 2. The number of ether oxygens (including phenoxy) is 1. The van der Waals surface area contributed by atoms with E-state index in [4.69, 9.17) is 16.3 Å². The molecule has 6 heteroatoms. The molecule has 5 nitrogen and oxygen atoms in total. The number of nitrogens with one attached hydrogen (secondary N) is 1. The minimum absolute atomic E-state index is 0.0580. The molecule has 3 aromatic rings. The van der Waals surface area contributed by atoms with E-state index >= 15 is 0 Å². The molecule has 3 rings (SSSR count). The number of aliphatic hydroxyl groups is 1. The average Bonchev–Trinajstić information content (AvgIpc) is 2.72. The van der Waals surface area contributed by atoms with Crippen LogP contribution < -0.4 is 10.1 Å². The van der Waals surface area contributed by atoms with E-state index in [-0.39, 0.29) is 18.4 Å². The van der Waals surface area contributed by atoms with Crippen molar-refractivity contribution in [1.29, 1.82) is 0 Å². The van der Waals surface area contributed by atoms with Gasteiger partial charge in [0.1, 0.15) is 5.75 Å². The van der Waals surface area contributed by atoms with E-state index < -0.39 is 6.10 Å². The first-order chi connectivity index (χ1) is 13.6. The van der Waals surface area contributed by atoms with Crippen LogP contribution in [0.25, 0.3) is 10.8 Å². The monoisotopic (exact) mass is 398 g/mol. The lowest BCUT2D eigenvalue weighted by atomic mass is 10.0. The maximum absolute atomic E-state index is 12.5. The molecule has 1 amide bonds. The van der Waals surface area contributed by atoms with Gasteiger partial charge in [-0.2, -0.15) is 0 Å². The van der Waals surface area contributed by atoms with Crippen LogP contribution in [0.15, 0.2) is 60.9 Å². The summed E-state index contributed by atoms with van der Waals surface area (Å²) in [7, 11) is 0. The van der Waals surface area contributed by atoms with E-state index in [9.17, 15) is 9.90 Å². The van der Waals surface area contributed by atoms with Crippen molar-refractivity contribution >= 4 is 28.3 Å². The molecular formula is C22H23ClN2O3. The Morgan fingerprint density at radius 1 is 1.21 bits per heavy atom. The molecule has 0 fully saturated rings. The molecule has 0 saturated carbocycles. The van der Waals surface area contributed by atoms with Crippen molar-refractivity contribution in [2.75, 3.05) is 13.2 Å². The van der Waals surface area contributed by atoms with Crippen LogP contribution in [0.1, 0.15) is 12.5 Å². The molecule has 2 unspecified atom stereocenters. The van der Waals surface area contributed by atoms with Gasteiger partial charge in [0.25, 0.3) is 5.91 Å². The Labute approximate surface area is 169 Å². The van der Waals surface area contributed by atoms with Crippen molar-refractivity contribution in [2.24, 2.45) is 5.92 Å². The number of fused-ring (bicyclic) bond motifs is 1. The Kier molecular flexibility index (Phi) is 6.85. The summed E-state index contributed by atoms with van der Waals surface area (Å²) in [5.74, 6) is 0.295. The third-order valence-corrected chi connectivity index (χ3v) is 4.95. The summed E-state index contributed by atoms with van der Waals surface area (Å²) in [4.78, 5) is 16.4. The summed E-state index contributed by atoms with van der Waals surface area (Å²) in [6, 6.07) is 15.5. The van der Waals surface area contributed by atoms with Gasteiger partial charge >= 0.3 is 0 Å². The molecule has 1 heterocycles. The second kappa shape index (κ2) is 9.53. The average molecular weight is 399 g/mol. The Morgan fingerprint density at radius 3 is 2.79 bits per heavy atom. The van der Waals surface area contributed by atoms with Crippen molar-refractivity contribution in [1.82, 2.24) is 10.3 Å². The van der Waals surface area contributed by atoms with Crippen molar-refractivity contribution < 1.29 is 14.6 Å². The topological polar surface area (TPSA) is 71.5 Å². The first-order valence-electron chi connectivity index (χ1n) is 9.20. The fourth-order valence-corrected chi connectivity index (χ4v) is 3.21. The van der Waals surface area contributed by atoms with Gasteiger partial charge in [0, 0.05) is 36.8 Å². The third-order valence-electron chi connectivity index (χ3n) is 4.61. The summed E-state index contributed by atoms with van der Waals surface area (Å²) in [5, 5.41) is 15.1. The minimum Gasteiger partial charge on any atom is -0.480 e. The van der Waals surface area contributed by atoms with Crippen LogP contribution in [-0.2, 0) is 11.2 Å². The molecule has 0 bridgehead atoms. The molecule has 2 aromatic carbocycles. The maximum Gasteiger partial charge on any atom is 0.260 e. The SMILES string of the molecule is CC(Oc1cccc2ccccc12)C(=O)NCC(CO)Cc1ccncc1Cl. The smallest absolute Gasteiger partial charge is 0.260 e. The lowest BCUT2D eigenvalue weighted by Crippen LogP contribution is -2.40. The van der Waals surface area contributed by atoms with E-state index in [0.717, 1.165) is 16.3 Å². The zero-order valence-electron chi connectivity index (χ0n) is 15.6. The second-order valence-corrected chi connectivity index (χ2v) is 7.11. The predicted molar refractivity (Wildman–Crippen MR) is 111 cm³/mol. The van der Waals surface area contributed by atoms with Crippen molar-refractivity contribution in [3.8, 4) is 5.75 Å². The van der Waals surface area contributed by atoms with Crippen molar-refractivity contribution in [2.45, 2.75) is 19.4 Å². The van der Waals surface area contributed by atoms with Crippen LogP contribution in [0.5, 0.6) is 5.75 Å². The van der Waals surface area contributed by atoms with E-state index in [2.05, 4.69) is 10.3 Å². The van der Waals surface area contributed by atoms with E-state index in [1.54, 1.807) is 19.3 Å². The zero-order valence-corrected chi connectivity index (χ0v) is 16.4. The summed E-state index contributed by atoms with van der Waals surface area (Å²) in [6.07, 6.45) is 3.13. The number of carbonyl (C=O) groups is 1. The number of amides is 1. The van der Waals surface area contributed by atoms with Crippen LogP contribution in [0, 0.1) is 5.92 Å². The number of rotatable bonds is 8. The van der Waals surface area contributed by atoms with Gasteiger partial charge in [-0.3, -0.25) is 9.78 Å². The molecule has 2 atom stereocenters. The highest BCUT2D eigenvalue weighted by molar-refractivity contribution is 6.31. The van der Waals surface area contributed by atoms with Crippen LogP contribution in [-0.4, -0.2) is 35.3 Å². The van der Waals surface area contributed by atoms with Gasteiger partial charge < -0.3 is 15.2 Å². The highest BCUT2D eigenvalue weighted by atomic mass is 35.5. The summed E-state index contributed by atoms with van der Waals surface area (Å²) < 4.78 is 5.89. The highest BCUT2D eigenvalue weighted by Gasteiger charge is 2.18. The number of pyridine rings is 1. The molecule has 28 heavy (non-hydrogen) atoms. The van der Waals surface area contributed by atoms with Crippen LogP contribution >= 0.6 is 11.6 Å². The maximum atomic E-state index is 12.5.